The molecule has 0 atom stereocenters. The molecule has 0 amide bonds. The van der Waals surface area contributed by atoms with E-state index in [9.17, 15) is 0 Å². The van der Waals surface area contributed by atoms with E-state index in [1.807, 2.05) is 30.6 Å². The van der Waals surface area contributed by atoms with E-state index in [1.165, 1.54) is 22.4 Å². The quantitative estimate of drug-likeness (QED) is 0.576. The minimum absolute atomic E-state index is 0.0378. The van der Waals surface area contributed by atoms with Crippen molar-refractivity contribution in [2.24, 2.45) is 0 Å². The number of methoxy groups -OCH3 is 1. The van der Waals surface area contributed by atoms with Gasteiger partial charge in [-0.2, -0.15) is 5.10 Å². The van der Waals surface area contributed by atoms with Crippen molar-refractivity contribution in [2.75, 3.05) is 7.11 Å². The molecule has 29 heavy (non-hydrogen) atoms. The predicted octanol–water partition coefficient (Wildman–Crippen LogP) is 4.86. The summed E-state index contributed by atoms with van der Waals surface area (Å²) in [6.45, 7) is 13.3. The number of aromatic nitrogens is 3. The molecule has 3 rings (SSSR count). The Labute approximate surface area is 174 Å². The van der Waals surface area contributed by atoms with Gasteiger partial charge in [-0.1, -0.05) is 24.3 Å². The van der Waals surface area contributed by atoms with Crippen molar-refractivity contribution in [2.45, 2.75) is 59.8 Å². The third-order valence-corrected chi connectivity index (χ3v) is 5.17. The second kappa shape index (κ2) is 8.78. The lowest BCUT2D eigenvalue weighted by Crippen LogP contribution is -2.26. The van der Waals surface area contributed by atoms with Gasteiger partial charge in [-0.25, -0.2) is 0 Å². The summed E-state index contributed by atoms with van der Waals surface area (Å²) in [7, 11) is 1.73. The largest absolute Gasteiger partial charge is 0.496 e. The van der Waals surface area contributed by atoms with Crippen molar-refractivity contribution in [3.63, 3.8) is 0 Å². The third-order valence-electron chi connectivity index (χ3n) is 5.17. The van der Waals surface area contributed by atoms with Gasteiger partial charge in [0.1, 0.15) is 5.75 Å². The maximum Gasteiger partial charge on any atom is 0.123 e. The van der Waals surface area contributed by atoms with Gasteiger partial charge in [0.15, 0.2) is 0 Å². The minimum Gasteiger partial charge on any atom is -0.496 e. The first-order valence-corrected chi connectivity index (χ1v) is 10.1. The molecular weight excluding hydrogens is 360 g/mol. The molecule has 0 aliphatic rings. The van der Waals surface area contributed by atoms with Crippen LogP contribution in [0, 0.1) is 13.8 Å². The van der Waals surface area contributed by atoms with Crippen molar-refractivity contribution >= 4 is 0 Å². The average molecular weight is 393 g/mol. The highest BCUT2D eigenvalue weighted by molar-refractivity contribution is 5.33. The zero-order valence-corrected chi connectivity index (χ0v) is 18.4. The minimum atomic E-state index is -0.0378. The maximum atomic E-state index is 5.59. The SMILES string of the molecule is COc1ccccc1CN(Cc1cccnc1)Cc1c(C)nn(C(C)(C)C)c1C. The Morgan fingerprint density at radius 1 is 1.00 bits per heavy atom. The number of aryl methyl sites for hydroxylation is 1. The number of hydrogen-bond donors (Lipinski definition) is 0. The van der Waals surface area contributed by atoms with Crippen molar-refractivity contribution in [1.82, 2.24) is 19.7 Å². The molecule has 0 spiro atoms. The molecular formula is C24H32N4O. The highest BCUT2D eigenvalue weighted by Crippen LogP contribution is 2.26. The number of pyridine rings is 1. The van der Waals surface area contributed by atoms with Gasteiger partial charge >= 0.3 is 0 Å². The van der Waals surface area contributed by atoms with Crippen LogP contribution in [0.15, 0.2) is 48.8 Å². The zero-order valence-electron chi connectivity index (χ0n) is 18.4. The molecule has 0 bridgehead atoms. The smallest absolute Gasteiger partial charge is 0.123 e. The Balaban J connectivity index is 1.92. The number of para-hydroxylation sites is 1. The van der Waals surface area contributed by atoms with Crippen LogP contribution in [0.25, 0.3) is 0 Å². The molecule has 0 unspecified atom stereocenters. The van der Waals surface area contributed by atoms with E-state index in [1.54, 1.807) is 7.11 Å². The summed E-state index contributed by atoms with van der Waals surface area (Å²) in [6.07, 6.45) is 3.75. The van der Waals surface area contributed by atoms with Crippen molar-refractivity contribution < 1.29 is 4.74 Å². The normalized spacial score (nSPS) is 11.8. The molecule has 0 aliphatic heterocycles. The van der Waals surface area contributed by atoms with E-state index in [0.29, 0.717) is 0 Å². The van der Waals surface area contributed by atoms with Crippen molar-refractivity contribution in [3.8, 4) is 5.75 Å². The molecule has 0 N–H and O–H groups in total. The number of benzene rings is 1. The maximum absolute atomic E-state index is 5.59. The van der Waals surface area contributed by atoms with Crippen LogP contribution in [0.1, 0.15) is 48.8 Å². The molecule has 0 saturated heterocycles. The van der Waals surface area contributed by atoms with Crippen LogP contribution in [0.3, 0.4) is 0 Å². The van der Waals surface area contributed by atoms with Crippen LogP contribution < -0.4 is 4.74 Å². The third kappa shape index (κ3) is 5.04. The first kappa shape index (κ1) is 21.1. The lowest BCUT2D eigenvalue weighted by molar-refractivity contribution is 0.242. The molecule has 2 heterocycles. The van der Waals surface area contributed by atoms with Crippen molar-refractivity contribution in [3.05, 3.63) is 76.9 Å². The van der Waals surface area contributed by atoms with E-state index in [-0.39, 0.29) is 5.54 Å². The zero-order chi connectivity index (χ0) is 21.0. The van der Waals surface area contributed by atoms with Gasteiger partial charge in [0.05, 0.1) is 18.3 Å². The van der Waals surface area contributed by atoms with Crippen LogP contribution in [0.2, 0.25) is 0 Å². The van der Waals surface area contributed by atoms with Gasteiger partial charge in [0.25, 0.3) is 0 Å². The summed E-state index contributed by atoms with van der Waals surface area (Å²) in [5.74, 6) is 0.919. The molecule has 0 fully saturated rings. The summed E-state index contributed by atoms with van der Waals surface area (Å²) < 4.78 is 7.73. The molecule has 2 aromatic heterocycles. The second-order valence-electron chi connectivity index (χ2n) is 8.55. The molecule has 5 nitrogen and oxygen atoms in total. The molecule has 1 aromatic carbocycles. The second-order valence-corrected chi connectivity index (χ2v) is 8.55. The van der Waals surface area contributed by atoms with E-state index >= 15 is 0 Å². The summed E-state index contributed by atoms with van der Waals surface area (Å²) in [4.78, 5) is 6.72. The Morgan fingerprint density at radius 3 is 2.38 bits per heavy atom. The van der Waals surface area contributed by atoms with Gasteiger partial charge in [0.2, 0.25) is 0 Å². The monoisotopic (exact) mass is 392 g/mol. The Bertz CT molecular complexity index is 941. The van der Waals surface area contributed by atoms with Crippen LogP contribution in [0.4, 0.5) is 0 Å². The lowest BCUT2D eigenvalue weighted by Gasteiger charge is -2.25. The summed E-state index contributed by atoms with van der Waals surface area (Å²) >= 11 is 0. The predicted molar refractivity (Wildman–Crippen MR) is 117 cm³/mol. The summed E-state index contributed by atoms with van der Waals surface area (Å²) in [5, 5.41) is 4.84. The summed E-state index contributed by atoms with van der Waals surface area (Å²) in [6, 6.07) is 12.3. The fourth-order valence-electron chi connectivity index (χ4n) is 3.77. The molecule has 154 valence electrons. The topological polar surface area (TPSA) is 43.2 Å². The highest BCUT2D eigenvalue weighted by Gasteiger charge is 2.22. The average Bonchev–Trinajstić information content (AvgIpc) is 2.97. The van der Waals surface area contributed by atoms with E-state index in [2.05, 4.69) is 67.4 Å². The van der Waals surface area contributed by atoms with Gasteiger partial charge in [-0.05, 0) is 52.3 Å². The van der Waals surface area contributed by atoms with Crippen molar-refractivity contribution in [1.29, 1.82) is 0 Å². The number of ether oxygens (including phenoxy) is 1. The van der Waals surface area contributed by atoms with Crippen LogP contribution in [-0.2, 0) is 25.2 Å². The Morgan fingerprint density at radius 2 is 1.76 bits per heavy atom. The van der Waals surface area contributed by atoms with E-state index < -0.39 is 0 Å². The van der Waals surface area contributed by atoms with E-state index in [0.717, 1.165) is 31.1 Å². The van der Waals surface area contributed by atoms with E-state index in [4.69, 9.17) is 9.84 Å². The molecule has 0 saturated carbocycles. The molecule has 0 radical (unpaired) electrons. The number of hydrogen-bond acceptors (Lipinski definition) is 4. The molecule has 0 aliphatic carbocycles. The Hall–Kier alpha value is -2.66. The summed E-state index contributed by atoms with van der Waals surface area (Å²) in [5.41, 5.74) is 5.95. The lowest BCUT2D eigenvalue weighted by atomic mass is 10.1. The van der Waals surface area contributed by atoms with Gasteiger partial charge in [0, 0.05) is 48.8 Å². The van der Waals surface area contributed by atoms with Gasteiger partial charge < -0.3 is 4.74 Å². The highest BCUT2D eigenvalue weighted by atomic mass is 16.5. The first-order valence-electron chi connectivity index (χ1n) is 10.1. The molecule has 5 heteroatoms. The van der Waals surface area contributed by atoms with Crippen LogP contribution >= 0.6 is 0 Å². The van der Waals surface area contributed by atoms with Crippen LogP contribution in [-0.4, -0.2) is 26.8 Å². The van der Waals surface area contributed by atoms with Gasteiger partial charge in [-0.3, -0.25) is 14.6 Å². The number of nitrogens with zero attached hydrogens (tertiary/aromatic N) is 4. The first-order chi connectivity index (χ1) is 13.8. The molecule has 3 aromatic rings. The standard InChI is InChI=1S/C24H32N4O/c1-18-22(19(2)28(26-18)24(3,4)5)17-27(15-20-10-9-13-25-14-20)16-21-11-7-8-12-23(21)29-6/h7-14H,15-17H2,1-6H3. The fraction of sp³-hybridized carbons (Fsp3) is 0.417. The number of rotatable bonds is 7. The fourth-order valence-corrected chi connectivity index (χ4v) is 3.77. The van der Waals surface area contributed by atoms with Crippen LogP contribution in [0.5, 0.6) is 5.75 Å². The Kier molecular flexibility index (Phi) is 6.38. The van der Waals surface area contributed by atoms with Gasteiger partial charge in [-0.15, -0.1) is 0 Å².